The van der Waals surface area contributed by atoms with Crippen LogP contribution in [0.2, 0.25) is 0 Å². The van der Waals surface area contributed by atoms with Crippen molar-refractivity contribution in [1.29, 1.82) is 0 Å². The number of unbranched alkanes of at least 4 members (excludes halogenated alkanes) is 1. The molecule has 2 aliphatic heterocycles. The number of benzene rings is 2. The fourth-order valence-electron chi connectivity index (χ4n) is 6.43. The van der Waals surface area contributed by atoms with Crippen molar-refractivity contribution in [2.75, 3.05) is 27.2 Å². The molecule has 4 aromatic rings. The van der Waals surface area contributed by atoms with Gasteiger partial charge in [0.1, 0.15) is 5.82 Å². The van der Waals surface area contributed by atoms with E-state index in [2.05, 4.69) is 68.7 Å². The summed E-state index contributed by atoms with van der Waals surface area (Å²) < 4.78 is 8.48. The molecule has 1 saturated heterocycles. The second kappa shape index (κ2) is 13.1. The zero-order valence-electron chi connectivity index (χ0n) is 27.0. The van der Waals surface area contributed by atoms with Gasteiger partial charge in [-0.2, -0.15) is 0 Å². The number of carbonyl (C=O) groups excluding carboxylic acids is 2. The summed E-state index contributed by atoms with van der Waals surface area (Å²) >= 11 is 1.73. The Bertz CT molecular complexity index is 1670. The number of nitrogens with zero attached hydrogens (tertiary/aromatic N) is 4. The standard InChI is InChI=1S/C36H43N5O3S/c1-36(2,3)35-38-30-22-26(13-14-31(30)41(35)23-24-16-19-44-32(20-24)39(4)5)45-27-15-17-37-25(21-27)10-8-9-18-40-33(42)28-11-6-7-12-29(28)34(40)43/h6-7,11-15,17,21-22,24,32H,8-10,16,18-20,23H2,1-5H3/p+1. The predicted octanol–water partition coefficient (Wildman–Crippen LogP) is 5.40. The SMILES string of the molecule is C[NH+](C)C1CC(Cn2c(C(C)(C)C)nc3cc(Sc4ccnc(CCCCN5C(=O)c6ccccc6C5=O)c4)ccc32)CCO1. The number of imide groups is 1. The molecule has 2 amide bonds. The quantitative estimate of drug-likeness (QED) is 0.188. The number of fused-ring (bicyclic) bond motifs is 2. The molecular formula is C36H44N5O3S+. The van der Waals surface area contributed by atoms with Gasteiger partial charge in [-0.25, -0.2) is 4.98 Å². The first kappa shape index (κ1) is 31.5. The third-order valence-corrected chi connectivity index (χ3v) is 9.81. The van der Waals surface area contributed by atoms with E-state index >= 15 is 0 Å². The first-order chi connectivity index (χ1) is 21.6. The summed E-state index contributed by atoms with van der Waals surface area (Å²) in [4.78, 5) is 40.1. The molecule has 0 radical (unpaired) electrons. The Balaban J connectivity index is 1.10. The number of aryl methyl sites for hydroxylation is 1. The van der Waals surface area contributed by atoms with Gasteiger partial charge in [0.25, 0.3) is 11.8 Å². The maximum atomic E-state index is 12.6. The molecule has 236 valence electrons. The summed E-state index contributed by atoms with van der Waals surface area (Å²) in [7, 11) is 4.35. The smallest absolute Gasteiger partial charge is 0.261 e. The van der Waals surface area contributed by atoms with E-state index < -0.39 is 0 Å². The topological polar surface area (TPSA) is 81.8 Å². The second-order valence-corrected chi connectivity index (χ2v) is 14.8. The highest BCUT2D eigenvalue weighted by molar-refractivity contribution is 7.99. The lowest BCUT2D eigenvalue weighted by Crippen LogP contribution is -3.10. The Kier molecular flexibility index (Phi) is 9.13. The van der Waals surface area contributed by atoms with Gasteiger partial charge < -0.3 is 14.2 Å². The number of quaternary nitrogens is 1. The van der Waals surface area contributed by atoms with Gasteiger partial charge in [-0.15, -0.1) is 0 Å². The third kappa shape index (κ3) is 6.86. The molecule has 1 fully saturated rings. The highest BCUT2D eigenvalue weighted by atomic mass is 32.2. The molecule has 0 spiro atoms. The second-order valence-electron chi connectivity index (χ2n) is 13.6. The van der Waals surface area contributed by atoms with Gasteiger partial charge in [-0.1, -0.05) is 44.7 Å². The molecule has 0 aliphatic carbocycles. The Hall–Kier alpha value is -3.53. The van der Waals surface area contributed by atoms with E-state index in [9.17, 15) is 9.59 Å². The fourth-order valence-corrected chi connectivity index (χ4v) is 7.34. The molecule has 2 atom stereocenters. The minimum Gasteiger partial charge on any atom is -0.329 e. The third-order valence-electron chi connectivity index (χ3n) is 8.83. The van der Waals surface area contributed by atoms with E-state index in [1.165, 1.54) is 15.3 Å². The molecule has 2 aromatic heterocycles. The van der Waals surface area contributed by atoms with Crippen LogP contribution in [0.3, 0.4) is 0 Å². The van der Waals surface area contributed by atoms with E-state index in [1.54, 1.807) is 36.0 Å². The molecule has 45 heavy (non-hydrogen) atoms. The summed E-state index contributed by atoms with van der Waals surface area (Å²) in [5.41, 5.74) is 4.19. The van der Waals surface area contributed by atoms with Crippen molar-refractivity contribution in [3.63, 3.8) is 0 Å². The Labute approximate surface area is 270 Å². The normalized spacial score (nSPS) is 18.8. The van der Waals surface area contributed by atoms with Crippen LogP contribution in [0.15, 0.2) is 70.6 Å². The van der Waals surface area contributed by atoms with Crippen LogP contribution in [0, 0.1) is 5.92 Å². The molecule has 0 saturated carbocycles. The van der Waals surface area contributed by atoms with Gasteiger partial charge in [-0.05, 0) is 74.1 Å². The van der Waals surface area contributed by atoms with Crippen LogP contribution in [0.25, 0.3) is 11.0 Å². The summed E-state index contributed by atoms with van der Waals surface area (Å²) in [5, 5.41) is 0. The van der Waals surface area contributed by atoms with Crippen LogP contribution in [0.4, 0.5) is 0 Å². The van der Waals surface area contributed by atoms with E-state index in [0.29, 0.717) is 23.6 Å². The van der Waals surface area contributed by atoms with E-state index in [1.807, 2.05) is 12.3 Å². The van der Waals surface area contributed by atoms with Gasteiger partial charge in [0.05, 0.1) is 42.9 Å². The molecule has 1 N–H and O–H groups in total. The number of aromatic nitrogens is 3. The van der Waals surface area contributed by atoms with Crippen molar-refractivity contribution in [3.8, 4) is 0 Å². The first-order valence-corrected chi connectivity index (χ1v) is 16.9. The average molecular weight is 627 g/mol. The molecule has 2 aliphatic rings. The zero-order valence-corrected chi connectivity index (χ0v) is 27.8. The Morgan fingerprint density at radius 3 is 2.42 bits per heavy atom. The minimum atomic E-state index is -0.189. The van der Waals surface area contributed by atoms with Crippen molar-refractivity contribution in [2.45, 2.75) is 80.9 Å². The van der Waals surface area contributed by atoms with Gasteiger partial charge in [0.2, 0.25) is 0 Å². The monoisotopic (exact) mass is 626 g/mol. The summed E-state index contributed by atoms with van der Waals surface area (Å²) in [6.07, 6.45) is 6.63. The molecule has 6 rings (SSSR count). The van der Waals surface area contributed by atoms with Crippen molar-refractivity contribution < 1.29 is 19.2 Å². The van der Waals surface area contributed by atoms with Crippen molar-refractivity contribution in [3.05, 3.63) is 83.4 Å². The van der Waals surface area contributed by atoms with Crippen LogP contribution >= 0.6 is 11.8 Å². The molecule has 0 bridgehead atoms. The van der Waals surface area contributed by atoms with Crippen molar-refractivity contribution in [2.24, 2.45) is 5.92 Å². The molecule has 4 heterocycles. The van der Waals surface area contributed by atoms with Crippen LogP contribution < -0.4 is 4.90 Å². The number of amides is 2. The van der Waals surface area contributed by atoms with Crippen LogP contribution in [0.1, 0.15) is 78.7 Å². The van der Waals surface area contributed by atoms with E-state index in [-0.39, 0.29) is 23.5 Å². The minimum absolute atomic E-state index is 0.0664. The van der Waals surface area contributed by atoms with E-state index in [0.717, 1.165) is 72.1 Å². The average Bonchev–Trinajstić information content (AvgIpc) is 3.50. The number of nitrogens with one attached hydrogen (secondary N) is 1. The van der Waals surface area contributed by atoms with Crippen LogP contribution in [-0.4, -0.2) is 64.7 Å². The van der Waals surface area contributed by atoms with Gasteiger partial charge in [0.15, 0.2) is 6.23 Å². The largest absolute Gasteiger partial charge is 0.329 e. The summed E-state index contributed by atoms with van der Waals surface area (Å²) in [6.45, 7) is 8.94. The molecule has 8 nitrogen and oxygen atoms in total. The highest BCUT2D eigenvalue weighted by Gasteiger charge is 2.34. The number of hydrogen-bond donors (Lipinski definition) is 1. The molecule has 9 heteroatoms. The number of hydrogen-bond acceptors (Lipinski definition) is 6. The lowest BCUT2D eigenvalue weighted by molar-refractivity contribution is -0.913. The van der Waals surface area contributed by atoms with Crippen LogP contribution in [0.5, 0.6) is 0 Å². The molecule has 2 unspecified atom stereocenters. The number of ether oxygens (including phenoxy) is 1. The van der Waals surface area contributed by atoms with Crippen molar-refractivity contribution in [1.82, 2.24) is 19.4 Å². The number of carbonyl (C=O) groups is 2. The highest BCUT2D eigenvalue weighted by Crippen LogP contribution is 2.34. The Morgan fingerprint density at radius 2 is 1.71 bits per heavy atom. The van der Waals surface area contributed by atoms with Gasteiger partial charge >= 0.3 is 0 Å². The van der Waals surface area contributed by atoms with Gasteiger partial charge in [-0.3, -0.25) is 19.5 Å². The maximum absolute atomic E-state index is 12.6. The molecular weight excluding hydrogens is 582 g/mol. The number of pyridine rings is 1. The lowest BCUT2D eigenvalue weighted by Gasteiger charge is -2.32. The Morgan fingerprint density at radius 1 is 0.978 bits per heavy atom. The van der Waals surface area contributed by atoms with E-state index in [4.69, 9.17) is 9.72 Å². The van der Waals surface area contributed by atoms with Crippen LogP contribution in [-0.2, 0) is 23.1 Å². The fraction of sp³-hybridized carbons (Fsp3) is 0.444. The first-order valence-electron chi connectivity index (χ1n) is 16.1. The molecule has 2 aromatic carbocycles. The predicted molar refractivity (Wildman–Crippen MR) is 177 cm³/mol. The number of imidazole rings is 1. The summed E-state index contributed by atoms with van der Waals surface area (Å²) in [5.74, 6) is 1.32. The van der Waals surface area contributed by atoms with Gasteiger partial charge in [0, 0.05) is 46.6 Å². The zero-order chi connectivity index (χ0) is 31.7. The number of rotatable bonds is 10. The summed E-state index contributed by atoms with van der Waals surface area (Å²) in [6, 6.07) is 17.9. The maximum Gasteiger partial charge on any atom is 0.261 e. The lowest BCUT2D eigenvalue weighted by atomic mass is 9.94. The van der Waals surface area contributed by atoms with Crippen molar-refractivity contribution >= 4 is 34.6 Å².